The lowest BCUT2D eigenvalue weighted by Gasteiger charge is -2.37. The molecular weight excluding hydrogens is 511 g/mol. The summed E-state index contributed by atoms with van der Waals surface area (Å²) in [5.41, 5.74) is -0.945. The molecule has 1 amide bonds. The van der Waals surface area contributed by atoms with E-state index in [9.17, 15) is 18.0 Å². The van der Waals surface area contributed by atoms with Crippen molar-refractivity contribution in [2.75, 3.05) is 57.5 Å². The van der Waals surface area contributed by atoms with E-state index in [2.05, 4.69) is 22.2 Å². The average molecular weight is 556 g/mol. The SMILES string of the molecule is C1CCOC1.CC1COCCCC1NC1CCC(C(C)C(=O)N2CCN(c3nccc(C(F)(F)F)n3)CC2)C1. The second-order valence-corrected chi connectivity index (χ2v) is 11.4. The van der Waals surface area contributed by atoms with Crippen LogP contribution in [0.5, 0.6) is 0 Å². The molecule has 5 atom stereocenters. The summed E-state index contributed by atoms with van der Waals surface area (Å²) in [6, 6.07) is 1.79. The van der Waals surface area contributed by atoms with E-state index >= 15 is 0 Å². The summed E-state index contributed by atoms with van der Waals surface area (Å²) < 4.78 is 49.5. The van der Waals surface area contributed by atoms with Crippen LogP contribution in [0, 0.1) is 17.8 Å². The number of alkyl halides is 3. The van der Waals surface area contributed by atoms with Crippen LogP contribution in [-0.4, -0.2) is 85.5 Å². The number of hydrogen-bond donors (Lipinski definition) is 1. The monoisotopic (exact) mass is 555 g/mol. The van der Waals surface area contributed by atoms with Crippen LogP contribution in [-0.2, 0) is 20.4 Å². The number of piperazine rings is 1. The van der Waals surface area contributed by atoms with Gasteiger partial charge < -0.3 is 24.6 Å². The first-order valence-corrected chi connectivity index (χ1v) is 14.6. The lowest BCUT2D eigenvalue weighted by atomic mass is 9.90. The van der Waals surface area contributed by atoms with Gasteiger partial charge in [0.1, 0.15) is 5.69 Å². The third kappa shape index (κ3) is 8.50. The van der Waals surface area contributed by atoms with Crippen molar-refractivity contribution in [3.8, 4) is 0 Å². The van der Waals surface area contributed by atoms with Crippen LogP contribution in [0.15, 0.2) is 12.3 Å². The Hall–Kier alpha value is -1.98. The number of amides is 1. The quantitative estimate of drug-likeness (QED) is 0.585. The minimum Gasteiger partial charge on any atom is -0.381 e. The number of anilines is 1. The van der Waals surface area contributed by atoms with Gasteiger partial charge in [0.05, 0.1) is 6.61 Å². The van der Waals surface area contributed by atoms with Crippen molar-refractivity contribution in [1.82, 2.24) is 20.2 Å². The van der Waals surface area contributed by atoms with Crippen LogP contribution in [0.4, 0.5) is 19.1 Å². The van der Waals surface area contributed by atoms with Crippen molar-refractivity contribution in [2.24, 2.45) is 17.8 Å². The summed E-state index contributed by atoms with van der Waals surface area (Å²) in [5, 5.41) is 3.84. The molecule has 4 aliphatic rings. The van der Waals surface area contributed by atoms with Gasteiger partial charge in [0, 0.05) is 70.2 Å². The Bertz CT molecular complexity index is 901. The highest BCUT2D eigenvalue weighted by Crippen LogP contribution is 2.34. The molecular formula is C28H44F3N5O3. The maximum atomic E-state index is 13.2. The fraction of sp³-hybridized carbons (Fsp3) is 0.821. The Morgan fingerprint density at radius 1 is 1.05 bits per heavy atom. The molecule has 220 valence electrons. The van der Waals surface area contributed by atoms with Crippen LogP contribution in [0.1, 0.15) is 64.5 Å². The van der Waals surface area contributed by atoms with Crippen molar-refractivity contribution >= 4 is 11.9 Å². The predicted molar refractivity (Wildman–Crippen MR) is 142 cm³/mol. The molecule has 1 saturated carbocycles. The Kier molecular flexibility index (Phi) is 10.8. The average Bonchev–Trinajstić information content (AvgIpc) is 3.63. The first-order chi connectivity index (χ1) is 18.7. The van der Waals surface area contributed by atoms with Gasteiger partial charge in [-0.1, -0.05) is 13.8 Å². The predicted octanol–water partition coefficient (Wildman–Crippen LogP) is 4.15. The Morgan fingerprint density at radius 2 is 1.77 bits per heavy atom. The van der Waals surface area contributed by atoms with Gasteiger partial charge in [-0.25, -0.2) is 9.97 Å². The van der Waals surface area contributed by atoms with Crippen molar-refractivity contribution in [3.63, 3.8) is 0 Å². The Labute approximate surface area is 230 Å². The number of nitrogens with one attached hydrogen (secondary N) is 1. The topological polar surface area (TPSA) is 79.8 Å². The molecule has 1 aromatic heterocycles. The summed E-state index contributed by atoms with van der Waals surface area (Å²) in [4.78, 5) is 24.4. The highest BCUT2D eigenvalue weighted by atomic mass is 19.4. The number of carbonyl (C=O) groups excluding carboxylic acids is 1. The number of hydrogen-bond acceptors (Lipinski definition) is 7. The van der Waals surface area contributed by atoms with Gasteiger partial charge in [0.2, 0.25) is 11.9 Å². The van der Waals surface area contributed by atoms with Gasteiger partial charge in [0.25, 0.3) is 0 Å². The van der Waals surface area contributed by atoms with E-state index in [0.717, 1.165) is 70.8 Å². The van der Waals surface area contributed by atoms with E-state index in [0.29, 0.717) is 50.1 Å². The van der Waals surface area contributed by atoms with Crippen molar-refractivity contribution in [2.45, 2.75) is 77.1 Å². The molecule has 0 spiro atoms. The second-order valence-electron chi connectivity index (χ2n) is 11.4. The van der Waals surface area contributed by atoms with Crippen LogP contribution < -0.4 is 10.2 Å². The maximum absolute atomic E-state index is 13.2. The highest BCUT2D eigenvalue weighted by molar-refractivity contribution is 5.79. The van der Waals surface area contributed by atoms with Crippen LogP contribution in [0.25, 0.3) is 0 Å². The zero-order valence-electron chi connectivity index (χ0n) is 23.3. The smallest absolute Gasteiger partial charge is 0.381 e. The molecule has 11 heteroatoms. The molecule has 1 aromatic rings. The lowest BCUT2D eigenvalue weighted by Crippen LogP contribution is -2.51. The van der Waals surface area contributed by atoms with Crippen molar-refractivity contribution in [1.29, 1.82) is 0 Å². The van der Waals surface area contributed by atoms with Gasteiger partial charge in [-0.05, 0) is 62.8 Å². The molecule has 0 aromatic carbocycles. The lowest BCUT2D eigenvalue weighted by molar-refractivity contribution is -0.141. The van der Waals surface area contributed by atoms with Gasteiger partial charge >= 0.3 is 6.18 Å². The second kappa shape index (κ2) is 14.1. The molecule has 3 saturated heterocycles. The Balaban J connectivity index is 0.000000634. The molecule has 0 radical (unpaired) electrons. The van der Waals surface area contributed by atoms with E-state index in [1.54, 1.807) is 4.90 Å². The van der Waals surface area contributed by atoms with Crippen molar-refractivity contribution < 1.29 is 27.4 Å². The van der Waals surface area contributed by atoms with Crippen LogP contribution in [0.3, 0.4) is 0 Å². The zero-order valence-corrected chi connectivity index (χ0v) is 23.3. The maximum Gasteiger partial charge on any atom is 0.433 e. The normalized spacial score (nSPS) is 28.9. The number of aromatic nitrogens is 2. The van der Waals surface area contributed by atoms with E-state index in [4.69, 9.17) is 9.47 Å². The number of nitrogens with zero attached hydrogens (tertiary/aromatic N) is 4. The van der Waals surface area contributed by atoms with Crippen LogP contribution in [0.2, 0.25) is 0 Å². The number of halogens is 3. The Morgan fingerprint density at radius 3 is 2.44 bits per heavy atom. The summed E-state index contributed by atoms with van der Waals surface area (Å²) in [6.45, 7) is 9.71. The molecule has 4 heterocycles. The van der Waals surface area contributed by atoms with Gasteiger partial charge in [-0.15, -0.1) is 0 Å². The minimum atomic E-state index is -4.50. The molecule has 5 unspecified atom stereocenters. The first kappa shape index (κ1) is 30.0. The molecule has 4 fully saturated rings. The summed E-state index contributed by atoms with van der Waals surface area (Å²) >= 11 is 0. The van der Waals surface area contributed by atoms with E-state index < -0.39 is 11.9 Å². The fourth-order valence-electron chi connectivity index (χ4n) is 6.03. The standard InChI is InChI=1S/C24H36F3N5O2.C4H8O/c1-16-15-34-13-3-4-20(16)29-19-6-5-18(14-19)17(2)22(33)31-9-11-32(12-10-31)23-28-8-7-21(30-23)24(25,26)27;1-2-4-5-3-1/h7-8,16-20,29H,3-6,9-15H2,1-2H3;1-4H2. The third-order valence-electron chi connectivity index (χ3n) is 8.53. The molecule has 5 rings (SSSR count). The summed E-state index contributed by atoms with van der Waals surface area (Å²) in [6.07, 6.45) is 4.56. The zero-order chi connectivity index (χ0) is 27.8. The van der Waals surface area contributed by atoms with Gasteiger partial charge in [-0.3, -0.25) is 4.79 Å². The van der Waals surface area contributed by atoms with Gasteiger partial charge in [0.15, 0.2) is 0 Å². The van der Waals surface area contributed by atoms with E-state index in [1.165, 1.54) is 12.8 Å². The number of ether oxygens (including phenoxy) is 2. The van der Waals surface area contributed by atoms with Gasteiger partial charge in [-0.2, -0.15) is 13.2 Å². The van der Waals surface area contributed by atoms with Crippen LogP contribution >= 0.6 is 0 Å². The molecule has 1 N–H and O–H groups in total. The summed E-state index contributed by atoms with van der Waals surface area (Å²) in [7, 11) is 0. The summed E-state index contributed by atoms with van der Waals surface area (Å²) in [5.74, 6) is 1.01. The van der Waals surface area contributed by atoms with E-state index in [-0.39, 0.29) is 17.8 Å². The molecule has 0 bridgehead atoms. The third-order valence-corrected chi connectivity index (χ3v) is 8.53. The first-order valence-electron chi connectivity index (χ1n) is 14.6. The largest absolute Gasteiger partial charge is 0.433 e. The molecule has 39 heavy (non-hydrogen) atoms. The van der Waals surface area contributed by atoms with E-state index in [1.807, 2.05) is 11.8 Å². The minimum absolute atomic E-state index is 0.0574. The molecule has 1 aliphatic carbocycles. The number of rotatable bonds is 5. The highest BCUT2D eigenvalue weighted by Gasteiger charge is 2.37. The molecule has 8 nitrogen and oxygen atoms in total. The molecule has 3 aliphatic heterocycles. The van der Waals surface area contributed by atoms with Crippen molar-refractivity contribution in [3.05, 3.63) is 18.0 Å². The fourth-order valence-corrected chi connectivity index (χ4v) is 6.03. The number of carbonyl (C=O) groups is 1.